The number of aliphatic hydroxyl groups is 1. The van der Waals surface area contributed by atoms with Gasteiger partial charge in [0.2, 0.25) is 0 Å². The van der Waals surface area contributed by atoms with E-state index in [4.69, 9.17) is 9.47 Å². The quantitative estimate of drug-likeness (QED) is 0.548. The SMILES string of the molecule is CC(=O)O[C@@H]1[C@@H](C(C)C)[C@@H]2/C=C(/C)CC/C=C(\C)CC[C@@H]2[C@@](C)(O)[C@H]1OC(C)=O. The molecule has 0 aromatic carbocycles. The van der Waals surface area contributed by atoms with Crippen molar-refractivity contribution in [3.05, 3.63) is 23.3 Å². The molecule has 2 aliphatic rings. The summed E-state index contributed by atoms with van der Waals surface area (Å²) >= 11 is 0. The molecule has 5 nitrogen and oxygen atoms in total. The Morgan fingerprint density at radius 1 is 1.10 bits per heavy atom. The van der Waals surface area contributed by atoms with E-state index in [-0.39, 0.29) is 23.7 Å². The van der Waals surface area contributed by atoms with E-state index in [2.05, 4.69) is 39.8 Å². The van der Waals surface area contributed by atoms with Crippen molar-refractivity contribution in [2.45, 2.75) is 92.0 Å². The van der Waals surface area contributed by atoms with E-state index in [0.29, 0.717) is 0 Å². The van der Waals surface area contributed by atoms with Crippen molar-refractivity contribution in [2.24, 2.45) is 23.7 Å². The lowest BCUT2D eigenvalue weighted by Gasteiger charge is -2.54. The number of ether oxygens (including phenoxy) is 2. The maximum absolute atomic E-state index is 11.9. The molecule has 2 aliphatic carbocycles. The van der Waals surface area contributed by atoms with E-state index in [9.17, 15) is 14.7 Å². The van der Waals surface area contributed by atoms with Gasteiger partial charge < -0.3 is 14.6 Å². The third kappa shape index (κ3) is 5.50. The fourth-order valence-electron chi connectivity index (χ4n) is 5.30. The number of allylic oxidation sites excluding steroid dienone is 4. The van der Waals surface area contributed by atoms with E-state index in [0.717, 1.165) is 25.7 Å². The van der Waals surface area contributed by atoms with Crippen molar-refractivity contribution in [1.29, 1.82) is 0 Å². The molecule has 5 heteroatoms. The summed E-state index contributed by atoms with van der Waals surface area (Å²) in [5, 5.41) is 11.7. The molecule has 1 N–H and O–H groups in total. The molecule has 0 aliphatic heterocycles. The smallest absolute Gasteiger partial charge is 0.303 e. The van der Waals surface area contributed by atoms with Gasteiger partial charge in [-0.05, 0) is 64.2 Å². The molecule has 0 heterocycles. The minimum Gasteiger partial charge on any atom is -0.458 e. The highest BCUT2D eigenvalue weighted by Gasteiger charge is 2.59. The fourth-order valence-corrected chi connectivity index (χ4v) is 5.30. The van der Waals surface area contributed by atoms with Crippen LogP contribution in [0.1, 0.15) is 74.1 Å². The molecule has 0 bridgehead atoms. The summed E-state index contributed by atoms with van der Waals surface area (Å²) in [7, 11) is 0. The highest BCUT2D eigenvalue weighted by atomic mass is 16.6. The fraction of sp³-hybridized carbons (Fsp3) is 0.750. The third-order valence-electron chi connectivity index (χ3n) is 6.64. The van der Waals surface area contributed by atoms with Crippen LogP contribution in [0.5, 0.6) is 0 Å². The molecule has 0 saturated heterocycles. The lowest BCUT2D eigenvalue weighted by atomic mass is 9.57. The zero-order chi connectivity index (χ0) is 21.9. The van der Waals surface area contributed by atoms with Crippen LogP contribution in [0.3, 0.4) is 0 Å². The number of carbonyl (C=O) groups excluding carboxylic acids is 2. The summed E-state index contributed by atoms with van der Waals surface area (Å²) in [4.78, 5) is 23.8. The van der Waals surface area contributed by atoms with Crippen LogP contribution in [0.25, 0.3) is 0 Å². The Labute approximate surface area is 175 Å². The van der Waals surface area contributed by atoms with E-state index in [1.54, 1.807) is 6.92 Å². The molecule has 2 rings (SSSR count). The van der Waals surface area contributed by atoms with E-state index in [1.807, 2.05) is 0 Å². The Balaban J connectivity index is 2.62. The molecular formula is C24H38O5. The van der Waals surface area contributed by atoms with Crippen molar-refractivity contribution in [1.82, 2.24) is 0 Å². The molecule has 0 spiro atoms. The Morgan fingerprint density at radius 2 is 1.72 bits per heavy atom. The monoisotopic (exact) mass is 406 g/mol. The lowest BCUT2D eigenvalue weighted by Crippen LogP contribution is -2.65. The largest absolute Gasteiger partial charge is 0.458 e. The summed E-state index contributed by atoms with van der Waals surface area (Å²) in [5.74, 6) is -0.839. The number of fused-ring (bicyclic) bond motifs is 1. The van der Waals surface area contributed by atoms with Gasteiger partial charge in [0, 0.05) is 19.8 Å². The second-order valence-electron chi connectivity index (χ2n) is 9.48. The average molecular weight is 407 g/mol. The molecule has 0 radical (unpaired) electrons. The van der Waals surface area contributed by atoms with Crippen molar-refractivity contribution in [2.75, 3.05) is 0 Å². The molecule has 1 fully saturated rings. The van der Waals surface area contributed by atoms with Crippen LogP contribution in [-0.2, 0) is 19.1 Å². The van der Waals surface area contributed by atoms with Gasteiger partial charge in [-0.3, -0.25) is 9.59 Å². The van der Waals surface area contributed by atoms with E-state index in [1.165, 1.54) is 25.0 Å². The molecule has 0 aromatic rings. The molecule has 6 atom stereocenters. The zero-order valence-electron chi connectivity index (χ0n) is 19.0. The highest BCUT2D eigenvalue weighted by Crippen LogP contribution is 2.50. The molecule has 1 saturated carbocycles. The second-order valence-corrected chi connectivity index (χ2v) is 9.48. The highest BCUT2D eigenvalue weighted by molar-refractivity contribution is 5.67. The molecule has 0 aromatic heterocycles. The van der Waals surface area contributed by atoms with Gasteiger partial charge >= 0.3 is 11.9 Å². The first-order valence-corrected chi connectivity index (χ1v) is 10.8. The van der Waals surface area contributed by atoms with Crippen molar-refractivity contribution in [3.63, 3.8) is 0 Å². The molecule has 0 amide bonds. The summed E-state index contributed by atoms with van der Waals surface area (Å²) in [6, 6.07) is 0. The molecule has 164 valence electrons. The minimum absolute atomic E-state index is 0.0343. The average Bonchev–Trinajstić information content (AvgIpc) is 2.56. The van der Waals surface area contributed by atoms with Gasteiger partial charge in [-0.1, -0.05) is 37.1 Å². The number of rotatable bonds is 3. The van der Waals surface area contributed by atoms with Crippen LogP contribution in [0.15, 0.2) is 23.3 Å². The van der Waals surface area contributed by atoms with Crippen LogP contribution < -0.4 is 0 Å². The zero-order valence-corrected chi connectivity index (χ0v) is 19.0. The normalized spacial score (nSPS) is 39.4. The van der Waals surface area contributed by atoms with Gasteiger partial charge in [-0.25, -0.2) is 0 Å². The molecular weight excluding hydrogens is 368 g/mol. The molecule has 0 unspecified atom stereocenters. The van der Waals surface area contributed by atoms with Crippen LogP contribution in [0, 0.1) is 23.7 Å². The van der Waals surface area contributed by atoms with Crippen molar-refractivity contribution in [3.8, 4) is 0 Å². The van der Waals surface area contributed by atoms with Gasteiger partial charge in [-0.15, -0.1) is 0 Å². The number of hydrogen-bond acceptors (Lipinski definition) is 5. The summed E-state index contributed by atoms with van der Waals surface area (Å²) in [6.45, 7) is 12.9. The van der Waals surface area contributed by atoms with Gasteiger partial charge in [0.15, 0.2) is 6.10 Å². The van der Waals surface area contributed by atoms with Gasteiger partial charge in [0.25, 0.3) is 0 Å². The number of hydrogen-bond donors (Lipinski definition) is 1. The summed E-state index contributed by atoms with van der Waals surface area (Å²) in [6.07, 6.45) is 6.64. The Bertz CT molecular complexity index is 671. The third-order valence-corrected chi connectivity index (χ3v) is 6.64. The predicted molar refractivity (Wildman–Crippen MR) is 113 cm³/mol. The maximum Gasteiger partial charge on any atom is 0.303 e. The van der Waals surface area contributed by atoms with Crippen LogP contribution >= 0.6 is 0 Å². The Hall–Kier alpha value is -1.62. The number of esters is 2. The first-order valence-electron chi connectivity index (χ1n) is 10.8. The van der Waals surface area contributed by atoms with Gasteiger partial charge in [-0.2, -0.15) is 0 Å². The van der Waals surface area contributed by atoms with Crippen molar-refractivity contribution >= 4 is 11.9 Å². The predicted octanol–water partition coefficient (Wildman–Crippen LogP) is 4.59. The maximum atomic E-state index is 11.9. The minimum atomic E-state index is -1.31. The second kappa shape index (κ2) is 9.46. The van der Waals surface area contributed by atoms with Crippen LogP contribution in [0.4, 0.5) is 0 Å². The van der Waals surface area contributed by atoms with Crippen LogP contribution in [-0.4, -0.2) is 34.9 Å². The van der Waals surface area contributed by atoms with Gasteiger partial charge in [0.1, 0.15) is 11.7 Å². The van der Waals surface area contributed by atoms with E-state index < -0.39 is 29.7 Å². The first kappa shape index (κ1) is 23.7. The summed E-state index contributed by atoms with van der Waals surface area (Å²) in [5.41, 5.74) is 1.29. The summed E-state index contributed by atoms with van der Waals surface area (Å²) < 4.78 is 11.4. The Kier molecular flexibility index (Phi) is 7.72. The topological polar surface area (TPSA) is 72.8 Å². The van der Waals surface area contributed by atoms with Crippen LogP contribution in [0.2, 0.25) is 0 Å². The lowest BCUT2D eigenvalue weighted by molar-refractivity contribution is -0.234. The van der Waals surface area contributed by atoms with E-state index >= 15 is 0 Å². The van der Waals surface area contributed by atoms with Crippen molar-refractivity contribution < 1.29 is 24.2 Å². The van der Waals surface area contributed by atoms with Gasteiger partial charge in [0.05, 0.1) is 0 Å². The number of carbonyl (C=O) groups is 2. The standard InChI is InChI=1S/C24H38O5/c1-14(2)21-19-13-16(4)10-8-9-15(3)11-12-20(19)24(7,27)23(29-18(6)26)22(21)28-17(5)25/h9,13-14,19-23,27H,8,10-12H2,1-7H3/b15-9+,16-13-/t19-,20+,21+,22-,23+,24-/m1/s1. The Morgan fingerprint density at radius 3 is 2.28 bits per heavy atom. The first-order chi connectivity index (χ1) is 13.4. The molecule has 29 heavy (non-hydrogen) atoms.